The van der Waals surface area contributed by atoms with Crippen molar-refractivity contribution in [3.05, 3.63) is 60.0 Å². The minimum absolute atomic E-state index is 0.431. The summed E-state index contributed by atoms with van der Waals surface area (Å²) >= 11 is 0. The summed E-state index contributed by atoms with van der Waals surface area (Å²) in [5, 5.41) is 6.52. The van der Waals surface area contributed by atoms with E-state index in [1.54, 1.807) is 27.6 Å². The maximum atomic E-state index is 5.59. The van der Waals surface area contributed by atoms with Crippen LogP contribution in [0.3, 0.4) is 0 Å². The molecule has 164 valence electrons. The van der Waals surface area contributed by atoms with Crippen LogP contribution in [0.25, 0.3) is 11.5 Å². The van der Waals surface area contributed by atoms with Gasteiger partial charge < -0.3 is 29.3 Å². The third-order valence-corrected chi connectivity index (χ3v) is 4.50. The monoisotopic (exact) mass is 424 g/mol. The molecule has 2 aromatic carbocycles. The fraction of sp³-hybridized carbons (Fsp3) is 0.304. The Kier molecular flexibility index (Phi) is 7.75. The summed E-state index contributed by atoms with van der Waals surface area (Å²) in [5.74, 6) is 3.02. The molecule has 31 heavy (non-hydrogen) atoms. The predicted octanol–water partition coefficient (Wildman–Crippen LogP) is 3.62. The molecule has 3 rings (SSSR count). The number of guanidine groups is 1. The predicted molar refractivity (Wildman–Crippen MR) is 120 cm³/mol. The highest BCUT2D eigenvalue weighted by atomic mass is 16.5. The van der Waals surface area contributed by atoms with Crippen molar-refractivity contribution >= 4 is 5.96 Å². The van der Waals surface area contributed by atoms with Gasteiger partial charge in [-0.2, -0.15) is 0 Å². The van der Waals surface area contributed by atoms with Crippen molar-refractivity contribution in [1.29, 1.82) is 0 Å². The van der Waals surface area contributed by atoms with Crippen LogP contribution in [0.15, 0.2) is 58.1 Å². The van der Waals surface area contributed by atoms with Gasteiger partial charge in [-0.3, -0.25) is 0 Å². The smallest absolute Gasteiger partial charge is 0.226 e. The van der Waals surface area contributed by atoms with Crippen LogP contribution in [-0.4, -0.2) is 38.8 Å². The highest BCUT2D eigenvalue weighted by molar-refractivity contribution is 5.79. The summed E-state index contributed by atoms with van der Waals surface area (Å²) in [6.45, 7) is 3.66. The molecule has 0 aliphatic heterocycles. The Labute approximate surface area is 182 Å². The van der Waals surface area contributed by atoms with Gasteiger partial charge >= 0.3 is 0 Å². The maximum absolute atomic E-state index is 5.59. The fourth-order valence-corrected chi connectivity index (χ4v) is 3.01. The normalized spacial score (nSPS) is 11.2. The molecule has 0 unspecified atom stereocenters. The van der Waals surface area contributed by atoms with Gasteiger partial charge in [0.05, 0.1) is 40.1 Å². The zero-order valence-electron chi connectivity index (χ0n) is 18.3. The van der Waals surface area contributed by atoms with Gasteiger partial charge in [-0.25, -0.2) is 9.98 Å². The molecule has 0 aliphatic carbocycles. The second-order valence-electron chi connectivity index (χ2n) is 6.59. The molecule has 0 atom stereocenters. The molecule has 3 aromatic rings. The van der Waals surface area contributed by atoms with E-state index in [9.17, 15) is 0 Å². The molecule has 2 N–H and O–H groups in total. The average Bonchev–Trinajstić information content (AvgIpc) is 3.29. The summed E-state index contributed by atoms with van der Waals surface area (Å²) in [5.41, 5.74) is 2.66. The Bertz CT molecular complexity index is 977. The molecule has 0 fully saturated rings. The summed E-state index contributed by atoms with van der Waals surface area (Å²) in [4.78, 5) is 9.19. The lowest BCUT2D eigenvalue weighted by atomic mass is 10.2. The molecule has 0 amide bonds. The minimum atomic E-state index is 0.431. The lowest BCUT2D eigenvalue weighted by molar-refractivity contribution is 0.324. The molecular weight excluding hydrogens is 396 g/mol. The Morgan fingerprint density at radius 3 is 2.32 bits per heavy atom. The van der Waals surface area contributed by atoms with Crippen molar-refractivity contribution in [3.8, 4) is 28.7 Å². The van der Waals surface area contributed by atoms with Gasteiger partial charge in [-0.1, -0.05) is 18.2 Å². The number of rotatable bonds is 9. The van der Waals surface area contributed by atoms with E-state index in [0.717, 1.165) is 23.4 Å². The molecular formula is C23H28N4O4. The minimum Gasteiger partial charge on any atom is -0.493 e. The zero-order chi connectivity index (χ0) is 22.1. The summed E-state index contributed by atoms with van der Waals surface area (Å²) in [6, 6.07) is 13.6. The Hall–Kier alpha value is -3.68. The maximum Gasteiger partial charge on any atom is 0.226 e. The Morgan fingerprint density at radius 1 is 1.00 bits per heavy atom. The number of benzene rings is 2. The molecule has 8 nitrogen and oxygen atoms in total. The quantitative estimate of drug-likeness (QED) is 0.400. The first kappa shape index (κ1) is 22.0. The van der Waals surface area contributed by atoms with E-state index in [2.05, 4.69) is 20.6 Å². The molecule has 0 radical (unpaired) electrons. The van der Waals surface area contributed by atoms with E-state index in [1.807, 2.05) is 49.4 Å². The van der Waals surface area contributed by atoms with Crippen LogP contribution in [-0.2, 0) is 13.1 Å². The highest BCUT2D eigenvalue weighted by Crippen LogP contribution is 2.38. The molecule has 1 aromatic heterocycles. The summed E-state index contributed by atoms with van der Waals surface area (Å²) in [7, 11) is 4.77. The largest absolute Gasteiger partial charge is 0.493 e. The van der Waals surface area contributed by atoms with Crippen LogP contribution in [0.4, 0.5) is 0 Å². The highest BCUT2D eigenvalue weighted by Gasteiger charge is 2.13. The van der Waals surface area contributed by atoms with Crippen LogP contribution in [0.5, 0.6) is 17.2 Å². The first-order valence-electron chi connectivity index (χ1n) is 9.99. The van der Waals surface area contributed by atoms with Gasteiger partial charge in [0.1, 0.15) is 6.26 Å². The van der Waals surface area contributed by atoms with E-state index >= 15 is 0 Å². The number of ether oxygens (including phenoxy) is 3. The van der Waals surface area contributed by atoms with E-state index in [1.165, 1.54) is 0 Å². The SMILES string of the molecule is CCNC(=NCc1cc(OC)c(OC)c(OC)c1)NCc1coc(-c2ccccc2)n1. The topological polar surface area (TPSA) is 90.1 Å². The van der Waals surface area contributed by atoms with Crippen molar-refractivity contribution in [2.45, 2.75) is 20.0 Å². The number of aromatic nitrogens is 1. The van der Waals surface area contributed by atoms with E-state index in [4.69, 9.17) is 18.6 Å². The van der Waals surface area contributed by atoms with Gasteiger partial charge in [0, 0.05) is 12.1 Å². The van der Waals surface area contributed by atoms with E-state index < -0.39 is 0 Å². The number of oxazole rings is 1. The van der Waals surface area contributed by atoms with Gasteiger partial charge in [0.2, 0.25) is 11.6 Å². The standard InChI is InChI=1S/C23H28N4O4/c1-5-24-23(25-13-16-11-19(28-2)21(30-4)20(12-16)29-3)26-14-18-15-31-22(27-18)17-9-7-6-8-10-17/h6-12,15H,5,13-14H2,1-4H3,(H2,24,25,26). The Balaban J connectivity index is 1.69. The second kappa shape index (κ2) is 10.9. The number of aliphatic imine (C=N–C) groups is 1. The summed E-state index contributed by atoms with van der Waals surface area (Å²) in [6.07, 6.45) is 1.65. The van der Waals surface area contributed by atoms with Crippen LogP contribution in [0.1, 0.15) is 18.2 Å². The van der Waals surface area contributed by atoms with Crippen LogP contribution in [0, 0.1) is 0 Å². The first-order chi connectivity index (χ1) is 15.2. The third kappa shape index (κ3) is 5.69. The van der Waals surface area contributed by atoms with Gasteiger partial charge in [0.25, 0.3) is 0 Å². The van der Waals surface area contributed by atoms with Crippen molar-refractivity contribution in [2.24, 2.45) is 4.99 Å². The summed E-state index contributed by atoms with van der Waals surface area (Å²) < 4.78 is 21.8. The molecule has 0 saturated heterocycles. The van der Waals surface area contributed by atoms with Gasteiger partial charge in [0.15, 0.2) is 17.5 Å². The number of hydrogen-bond donors (Lipinski definition) is 2. The molecule has 8 heteroatoms. The average molecular weight is 425 g/mol. The number of nitrogens with one attached hydrogen (secondary N) is 2. The number of hydrogen-bond acceptors (Lipinski definition) is 6. The molecule has 0 spiro atoms. The van der Waals surface area contributed by atoms with Crippen LogP contribution < -0.4 is 24.8 Å². The van der Waals surface area contributed by atoms with Crippen LogP contribution in [0.2, 0.25) is 0 Å². The van der Waals surface area contributed by atoms with Crippen molar-refractivity contribution in [3.63, 3.8) is 0 Å². The van der Waals surface area contributed by atoms with Crippen molar-refractivity contribution in [2.75, 3.05) is 27.9 Å². The zero-order valence-corrected chi connectivity index (χ0v) is 18.3. The van der Waals surface area contributed by atoms with Crippen molar-refractivity contribution < 1.29 is 18.6 Å². The lowest BCUT2D eigenvalue weighted by Crippen LogP contribution is -2.36. The first-order valence-corrected chi connectivity index (χ1v) is 9.99. The van der Waals surface area contributed by atoms with Crippen molar-refractivity contribution in [1.82, 2.24) is 15.6 Å². The third-order valence-electron chi connectivity index (χ3n) is 4.50. The van der Waals surface area contributed by atoms with Gasteiger partial charge in [-0.15, -0.1) is 0 Å². The molecule has 0 saturated carbocycles. The van der Waals surface area contributed by atoms with E-state index in [0.29, 0.717) is 42.2 Å². The number of nitrogens with zero attached hydrogens (tertiary/aromatic N) is 2. The fourth-order valence-electron chi connectivity index (χ4n) is 3.01. The number of methoxy groups -OCH3 is 3. The molecule has 0 bridgehead atoms. The van der Waals surface area contributed by atoms with E-state index in [-0.39, 0.29) is 0 Å². The van der Waals surface area contributed by atoms with Crippen LogP contribution >= 0.6 is 0 Å². The Morgan fingerprint density at radius 2 is 1.71 bits per heavy atom. The lowest BCUT2D eigenvalue weighted by Gasteiger charge is -2.14. The molecule has 1 heterocycles. The van der Waals surface area contributed by atoms with Gasteiger partial charge in [-0.05, 0) is 36.8 Å². The second-order valence-corrected chi connectivity index (χ2v) is 6.59. The molecule has 0 aliphatic rings.